The van der Waals surface area contributed by atoms with Gasteiger partial charge in [-0.1, -0.05) is 18.2 Å². The number of carbonyl (C=O) groups excluding carboxylic acids is 1. The van der Waals surface area contributed by atoms with E-state index in [0.29, 0.717) is 12.0 Å². The molecule has 1 aromatic carbocycles. The minimum Gasteiger partial charge on any atom is -0.462 e. The van der Waals surface area contributed by atoms with Gasteiger partial charge in [0, 0.05) is 6.42 Å². The van der Waals surface area contributed by atoms with Crippen molar-refractivity contribution in [2.75, 3.05) is 6.61 Å². The van der Waals surface area contributed by atoms with E-state index in [0.717, 1.165) is 0 Å². The van der Waals surface area contributed by atoms with Crippen LogP contribution in [0.4, 0.5) is 0 Å². The molecule has 0 saturated carbocycles. The highest BCUT2D eigenvalue weighted by molar-refractivity contribution is 5.89. The maximum atomic E-state index is 11.5. The number of benzene rings is 1. The Kier molecular flexibility index (Phi) is 4.46. The summed E-state index contributed by atoms with van der Waals surface area (Å²) in [6.45, 7) is 3.63. The monoisotopic (exact) mass is 224 g/mol. The molecule has 0 aliphatic rings. The lowest BCUT2D eigenvalue weighted by Gasteiger charge is -2.19. The first-order chi connectivity index (χ1) is 7.55. The molecule has 0 bridgehead atoms. The molecule has 0 spiro atoms. The van der Waals surface area contributed by atoms with Gasteiger partial charge in [-0.25, -0.2) is 9.68 Å². The molecule has 0 saturated heterocycles. The van der Waals surface area contributed by atoms with Crippen LogP contribution in [-0.4, -0.2) is 23.4 Å². The Morgan fingerprint density at radius 3 is 2.50 bits per heavy atom. The van der Waals surface area contributed by atoms with Crippen LogP contribution in [0.5, 0.6) is 0 Å². The van der Waals surface area contributed by atoms with Gasteiger partial charge in [0.2, 0.25) is 0 Å². The van der Waals surface area contributed by atoms with Gasteiger partial charge in [0.05, 0.1) is 12.2 Å². The molecule has 0 amide bonds. The Bertz CT molecular complexity index is 332. The molecule has 0 aliphatic carbocycles. The molecule has 1 aromatic rings. The van der Waals surface area contributed by atoms with Crippen LogP contribution in [-0.2, 0) is 9.62 Å². The van der Waals surface area contributed by atoms with Crippen LogP contribution in [0.1, 0.15) is 30.6 Å². The predicted octanol–water partition coefficient (Wildman–Crippen LogP) is 2.50. The number of rotatable bonds is 5. The van der Waals surface area contributed by atoms with Crippen molar-refractivity contribution in [3.05, 3.63) is 35.9 Å². The predicted molar refractivity (Wildman–Crippen MR) is 59.1 cm³/mol. The number of hydrogen-bond acceptors (Lipinski definition) is 4. The average Bonchev–Trinajstić information content (AvgIpc) is 2.30. The summed E-state index contributed by atoms with van der Waals surface area (Å²) in [6.07, 6.45) is 0.433. The highest BCUT2D eigenvalue weighted by Gasteiger charge is 2.19. The van der Waals surface area contributed by atoms with Crippen molar-refractivity contribution in [3.63, 3.8) is 0 Å². The van der Waals surface area contributed by atoms with Gasteiger partial charge < -0.3 is 4.74 Å². The Labute approximate surface area is 94.7 Å². The van der Waals surface area contributed by atoms with Gasteiger partial charge in [0.25, 0.3) is 0 Å². The molecular formula is C12H16O4. The van der Waals surface area contributed by atoms with Crippen molar-refractivity contribution >= 4 is 5.97 Å². The van der Waals surface area contributed by atoms with Crippen LogP contribution >= 0.6 is 0 Å². The summed E-state index contributed by atoms with van der Waals surface area (Å²) < 4.78 is 5.04. The van der Waals surface area contributed by atoms with Crippen molar-refractivity contribution in [2.24, 2.45) is 0 Å². The second-order valence-electron chi connectivity index (χ2n) is 4.10. The highest BCUT2D eigenvalue weighted by atomic mass is 17.1. The van der Waals surface area contributed by atoms with Crippen LogP contribution in [0.2, 0.25) is 0 Å². The van der Waals surface area contributed by atoms with Gasteiger partial charge in [0.15, 0.2) is 0 Å². The summed E-state index contributed by atoms with van der Waals surface area (Å²) in [5.74, 6) is -0.366. The van der Waals surface area contributed by atoms with E-state index in [-0.39, 0.29) is 12.6 Å². The van der Waals surface area contributed by atoms with Crippen molar-refractivity contribution < 1.29 is 19.7 Å². The summed E-state index contributed by atoms with van der Waals surface area (Å²) in [5, 5.41) is 8.54. The molecule has 0 aliphatic heterocycles. The van der Waals surface area contributed by atoms with Crippen molar-refractivity contribution in [3.8, 4) is 0 Å². The fourth-order valence-corrected chi connectivity index (χ4v) is 1.09. The SMILES string of the molecule is CC(C)(CCOC(=O)c1ccccc1)OO. The minimum absolute atomic E-state index is 0.210. The number of esters is 1. The third kappa shape index (κ3) is 4.00. The van der Waals surface area contributed by atoms with E-state index in [2.05, 4.69) is 4.89 Å². The van der Waals surface area contributed by atoms with Gasteiger partial charge in [-0.05, 0) is 26.0 Å². The summed E-state index contributed by atoms with van der Waals surface area (Å²) in [5.41, 5.74) is -0.179. The largest absolute Gasteiger partial charge is 0.462 e. The van der Waals surface area contributed by atoms with Crippen LogP contribution in [0, 0.1) is 0 Å². The zero-order valence-electron chi connectivity index (χ0n) is 9.47. The lowest BCUT2D eigenvalue weighted by molar-refractivity contribution is -0.315. The Hall–Kier alpha value is -1.39. The molecular weight excluding hydrogens is 208 g/mol. The van der Waals surface area contributed by atoms with E-state index < -0.39 is 5.60 Å². The second kappa shape index (κ2) is 5.63. The first kappa shape index (κ1) is 12.7. The molecule has 4 nitrogen and oxygen atoms in total. The zero-order chi connectivity index (χ0) is 12.0. The van der Waals surface area contributed by atoms with Crippen LogP contribution in [0.3, 0.4) is 0 Å². The topological polar surface area (TPSA) is 55.8 Å². The smallest absolute Gasteiger partial charge is 0.338 e. The molecule has 0 heterocycles. The number of ether oxygens (including phenoxy) is 1. The lowest BCUT2D eigenvalue weighted by atomic mass is 10.1. The molecule has 1 rings (SSSR count). The fourth-order valence-electron chi connectivity index (χ4n) is 1.09. The van der Waals surface area contributed by atoms with E-state index >= 15 is 0 Å². The number of hydrogen-bond donors (Lipinski definition) is 1. The molecule has 0 unspecified atom stereocenters. The first-order valence-electron chi connectivity index (χ1n) is 5.10. The van der Waals surface area contributed by atoms with Crippen molar-refractivity contribution in [2.45, 2.75) is 25.9 Å². The highest BCUT2D eigenvalue weighted by Crippen LogP contribution is 2.13. The molecule has 4 heteroatoms. The second-order valence-corrected chi connectivity index (χ2v) is 4.10. The van der Waals surface area contributed by atoms with Gasteiger partial charge in [-0.15, -0.1) is 0 Å². The molecule has 0 aromatic heterocycles. The van der Waals surface area contributed by atoms with Gasteiger partial charge in [-0.3, -0.25) is 5.26 Å². The molecule has 1 N–H and O–H groups in total. The molecule has 88 valence electrons. The normalized spacial score (nSPS) is 11.2. The summed E-state index contributed by atoms with van der Waals surface area (Å²) in [4.78, 5) is 15.7. The molecule has 16 heavy (non-hydrogen) atoms. The van der Waals surface area contributed by atoms with E-state index in [9.17, 15) is 4.79 Å². The van der Waals surface area contributed by atoms with E-state index in [1.807, 2.05) is 6.07 Å². The summed E-state index contributed by atoms with van der Waals surface area (Å²) in [7, 11) is 0. The Balaban J connectivity index is 2.37. The number of carbonyl (C=O) groups is 1. The lowest BCUT2D eigenvalue weighted by Crippen LogP contribution is -2.25. The maximum absolute atomic E-state index is 11.5. The summed E-state index contributed by atoms with van der Waals surface area (Å²) in [6, 6.07) is 8.76. The van der Waals surface area contributed by atoms with Crippen LogP contribution in [0.15, 0.2) is 30.3 Å². The van der Waals surface area contributed by atoms with Crippen molar-refractivity contribution in [1.29, 1.82) is 0 Å². The first-order valence-corrected chi connectivity index (χ1v) is 5.10. The standard InChI is InChI=1S/C12H16O4/c1-12(2,16-14)8-9-15-11(13)10-6-4-3-5-7-10/h3-7,14H,8-9H2,1-2H3. The van der Waals surface area contributed by atoms with E-state index in [1.54, 1.807) is 38.1 Å². The van der Waals surface area contributed by atoms with Crippen molar-refractivity contribution in [1.82, 2.24) is 0 Å². The van der Waals surface area contributed by atoms with Gasteiger partial charge >= 0.3 is 5.97 Å². The van der Waals surface area contributed by atoms with Crippen LogP contribution in [0.25, 0.3) is 0 Å². The molecule has 0 atom stereocenters. The molecule has 0 radical (unpaired) electrons. The zero-order valence-corrected chi connectivity index (χ0v) is 9.47. The fraction of sp³-hybridized carbons (Fsp3) is 0.417. The maximum Gasteiger partial charge on any atom is 0.338 e. The molecule has 0 fully saturated rings. The van der Waals surface area contributed by atoms with Crippen LogP contribution < -0.4 is 0 Å². The van der Waals surface area contributed by atoms with Gasteiger partial charge in [-0.2, -0.15) is 0 Å². The third-order valence-corrected chi connectivity index (χ3v) is 2.19. The van der Waals surface area contributed by atoms with Gasteiger partial charge in [0.1, 0.15) is 5.60 Å². The third-order valence-electron chi connectivity index (χ3n) is 2.19. The summed E-state index contributed by atoms with van der Waals surface area (Å²) >= 11 is 0. The quantitative estimate of drug-likeness (QED) is 0.474. The van der Waals surface area contributed by atoms with E-state index in [1.165, 1.54) is 0 Å². The Morgan fingerprint density at radius 2 is 1.94 bits per heavy atom. The minimum atomic E-state index is -0.697. The average molecular weight is 224 g/mol. The van der Waals surface area contributed by atoms with E-state index in [4.69, 9.17) is 9.99 Å². The Morgan fingerprint density at radius 1 is 1.31 bits per heavy atom.